The molecule has 0 radical (unpaired) electrons. The molecule has 0 saturated carbocycles. The summed E-state index contributed by atoms with van der Waals surface area (Å²) in [6.45, 7) is 5.41. The first kappa shape index (κ1) is 13.4. The summed E-state index contributed by atoms with van der Waals surface area (Å²) in [4.78, 5) is 3.66. The van der Waals surface area contributed by atoms with Crippen LogP contribution in [0.15, 0.2) is 21.3 Å². The first-order valence-electron chi connectivity index (χ1n) is 4.57. The fraction of sp³-hybridized carbons (Fsp3) is 0.400. The smallest absolute Gasteiger partial charge is 0.151 e. The first-order chi connectivity index (χ1) is 7.32. The van der Waals surface area contributed by atoms with E-state index in [9.17, 15) is 8.60 Å². The maximum atomic E-state index is 13.3. The van der Waals surface area contributed by atoms with Crippen LogP contribution in [-0.2, 0) is 11.0 Å². The van der Waals surface area contributed by atoms with E-state index >= 15 is 0 Å². The molecule has 1 heterocycles. The van der Waals surface area contributed by atoms with Crippen molar-refractivity contribution in [2.75, 3.05) is 0 Å². The third-order valence-electron chi connectivity index (χ3n) is 1.69. The van der Waals surface area contributed by atoms with Crippen LogP contribution in [0.4, 0.5) is 4.39 Å². The van der Waals surface area contributed by atoms with Gasteiger partial charge in [0, 0.05) is 22.4 Å². The van der Waals surface area contributed by atoms with Crippen LogP contribution in [0.5, 0.6) is 0 Å². The second kappa shape index (κ2) is 5.14. The zero-order valence-electron chi connectivity index (χ0n) is 9.20. The monoisotopic (exact) mass is 306 g/mol. The van der Waals surface area contributed by atoms with E-state index in [1.54, 1.807) is 20.8 Å². The molecule has 0 fully saturated rings. The van der Waals surface area contributed by atoms with Gasteiger partial charge in [0.05, 0.1) is 10.9 Å². The molecule has 1 aromatic heterocycles. The van der Waals surface area contributed by atoms with Gasteiger partial charge in [-0.15, -0.1) is 0 Å². The van der Waals surface area contributed by atoms with Gasteiger partial charge in [0.2, 0.25) is 0 Å². The minimum Gasteiger partial charge on any atom is -0.260 e. The zero-order valence-corrected chi connectivity index (χ0v) is 11.6. The summed E-state index contributed by atoms with van der Waals surface area (Å²) in [5.41, 5.74) is 0.257. The molecule has 0 aliphatic heterocycles. The predicted octanol–water partition coefficient (Wildman–Crippen LogP) is 2.86. The van der Waals surface area contributed by atoms with Gasteiger partial charge in [0.1, 0.15) is 11.0 Å². The van der Waals surface area contributed by atoms with Crippen LogP contribution in [0.1, 0.15) is 26.3 Å². The van der Waals surface area contributed by atoms with Crippen LogP contribution >= 0.6 is 15.9 Å². The second-order valence-corrected chi connectivity index (χ2v) is 6.90. The van der Waals surface area contributed by atoms with E-state index in [1.807, 2.05) is 0 Å². The molecular weight excluding hydrogens is 295 g/mol. The third-order valence-corrected chi connectivity index (χ3v) is 3.67. The molecule has 1 rings (SSSR count). The lowest BCUT2D eigenvalue weighted by Gasteiger charge is -2.12. The number of halogens is 2. The van der Waals surface area contributed by atoms with E-state index in [4.69, 9.17) is 0 Å². The molecule has 0 bridgehead atoms. The standard InChI is InChI=1S/C10H12BrFN2OS/c1-10(2,3)16(15)14-4-7-8(11)5-13-6-9(7)12/h4-6H,1-3H3. The van der Waals surface area contributed by atoms with Crippen LogP contribution in [-0.4, -0.2) is 20.2 Å². The summed E-state index contributed by atoms with van der Waals surface area (Å²) >= 11 is 3.15. The van der Waals surface area contributed by atoms with Crippen molar-refractivity contribution in [1.82, 2.24) is 4.98 Å². The number of hydrogen-bond acceptors (Lipinski definition) is 2. The van der Waals surface area contributed by atoms with Gasteiger partial charge in [-0.2, -0.15) is 4.40 Å². The van der Waals surface area contributed by atoms with E-state index < -0.39 is 21.5 Å². The number of hydrogen-bond donors (Lipinski definition) is 0. The maximum Gasteiger partial charge on any atom is 0.151 e. The highest BCUT2D eigenvalue weighted by Crippen LogP contribution is 2.17. The van der Waals surface area contributed by atoms with Crippen molar-refractivity contribution in [1.29, 1.82) is 0 Å². The highest BCUT2D eigenvalue weighted by atomic mass is 79.9. The Kier molecular flexibility index (Phi) is 4.32. The summed E-state index contributed by atoms with van der Waals surface area (Å²) < 4.78 is 28.8. The number of pyridine rings is 1. The summed E-state index contributed by atoms with van der Waals surface area (Å²) in [7, 11) is -1.39. The zero-order chi connectivity index (χ0) is 12.3. The van der Waals surface area contributed by atoms with Gasteiger partial charge in [-0.3, -0.25) is 4.98 Å². The Morgan fingerprint density at radius 2 is 2.12 bits per heavy atom. The predicted molar refractivity (Wildman–Crippen MR) is 67.4 cm³/mol. The number of nitrogens with zero attached hydrogens (tertiary/aromatic N) is 2. The minimum atomic E-state index is -1.39. The van der Waals surface area contributed by atoms with E-state index in [0.29, 0.717) is 4.47 Å². The van der Waals surface area contributed by atoms with E-state index in [1.165, 1.54) is 12.4 Å². The van der Waals surface area contributed by atoms with E-state index in [-0.39, 0.29) is 5.56 Å². The van der Waals surface area contributed by atoms with Crippen molar-refractivity contribution in [3.8, 4) is 0 Å². The van der Waals surface area contributed by atoms with Gasteiger partial charge in [-0.1, -0.05) is 0 Å². The molecule has 0 saturated heterocycles. The Morgan fingerprint density at radius 3 is 2.62 bits per heavy atom. The van der Waals surface area contributed by atoms with E-state index in [2.05, 4.69) is 25.3 Å². The van der Waals surface area contributed by atoms with Gasteiger partial charge in [0.25, 0.3) is 0 Å². The highest BCUT2D eigenvalue weighted by molar-refractivity contribution is 9.10. The maximum absolute atomic E-state index is 13.3. The average molecular weight is 307 g/mol. The van der Waals surface area contributed by atoms with Crippen molar-refractivity contribution < 1.29 is 8.60 Å². The van der Waals surface area contributed by atoms with Gasteiger partial charge in [-0.05, 0) is 36.7 Å². The Hall–Kier alpha value is -0.620. The van der Waals surface area contributed by atoms with Crippen molar-refractivity contribution in [2.45, 2.75) is 25.5 Å². The minimum absolute atomic E-state index is 0.257. The van der Waals surface area contributed by atoms with Crippen LogP contribution in [0.25, 0.3) is 0 Å². The van der Waals surface area contributed by atoms with Crippen molar-refractivity contribution in [3.63, 3.8) is 0 Å². The highest BCUT2D eigenvalue weighted by Gasteiger charge is 2.18. The lowest BCUT2D eigenvalue weighted by atomic mass is 10.3. The molecule has 0 aliphatic carbocycles. The van der Waals surface area contributed by atoms with Crippen LogP contribution in [0, 0.1) is 5.82 Å². The van der Waals surface area contributed by atoms with Crippen LogP contribution < -0.4 is 0 Å². The van der Waals surface area contributed by atoms with Gasteiger partial charge in [0.15, 0.2) is 5.82 Å². The average Bonchev–Trinajstić information content (AvgIpc) is 2.15. The van der Waals surface area contributed by atoms with Gasteiger partial charge in [-0.25, -0.2) is 8.60 Å². The lowest BCUT2D eigenvalue weighted by molar-refractivity contribution is 0.618. The molecule has 16 heavy (non-hydrogen) atoms. The summed E-state index contributed by atoms with van der Waals surface area (Å²) in [6.07, 6.45) is 3.82. The molecule has 0 N–H and O–H groups in total. The molecule has 0 amide bonds. The normalized spacial score (nSPS) is 14.3. The Bertz CT molecular complexity index is 423. The Morgan fingerprint density at radius 1 is 1.50 bits per heavy atom. The molecule has 1 aromatic rings. The fourth-order valence-corrected chi connectivity index (χ4v) is 1.73. The van der Waals surface area contributed by atoms with Crippen molar-refractivity contribution >= 4 is 33.1 Å². The summed E-state index contributed by atoms with van der Waals surface area (Å²) in [6, 6.07) is 0. The summed E-state index contributed by atoms with van der Waals surface area (Å²) in [5.74, 6) is -0.496. The van der Waals surface area contributed by atoms with Gasteiger partial charge >= 0.3 is 0 Å². The topological polar surface area (TPSA) is 42.3 Å². The molecule has 0 aliphatic rings. The molecule has 3 nitrogen and oxygen atoms in total. The first-order valence-corrected chi connectivity index (χ1v) is 6.47. The third kappa shape index (κ3) is 3.45. The molecule has 0 spiro atoms. The fourth-order valence-electron chi connectivity index (χ4n) is 0.803. The number of rotatable bonds is 2. The largest absolute Gasteiger partial charge is 0.260 e. The van der Waals surface area contributed by atoms with Gasteiger partial charge < -0.3 is 0 Å². The Balaban J connectivity index is 2.98. The molecule has 6 heteroatoms. The second-order valence-electron chi connectivity index (χ2n) is 4.11. The molecule has 1 atom stereocenters. The molecule has 1 unspecified atom stereocenters. The van der Waals surface area contributed by atoms with Crippen LogP contribution in [0.2, 0.25) is 0 Å². The van der Waals surface area contributed by atoms with Crippen LogP contribution in [0.3, 0.4) is 0 Å². The van der Waals surface area contributed by atoms with E-state index in [0.717, 1.165) is 6.20 Å². The Labute approximate surface area is 105 Å². The molecule has 0 aromatic carbocycles. The molecule has 88 valence electrons. The lowest BCUT2D eigenvalue weighted by Crippen LogP contribution is -2.19. The molecular formula is C10H12BrFN2OS. The SMILES string of the molecule is CC(C)(C)S(=O)N=Cc1c(F)cncc1Br. The summed E-state index contributed by atoms with van der Waals surface area (Å²) in [5, 5.41) is 0. The van der Waals surface area contributed by atoms with Crippen molar-refractivity contribution in [2.24, 2.45) is 4.40 Å². The quantitative estimate of drug-likeness (QED) is 0.789. The number of aromatic nitrogens is 1. The van der Waals surface area contributed by atoms with Crippen molar-refractivity contribution in [3.05, 3.63) is 28.2 Å².